The first-order valence-electron chi connectivity index (χ1n) is 6.25. The van der Waals surface area contributed by atoms with Crippen LogP contribution in [0.4, 0.5) is 0 Å². The van der Waals surface area contributed by atoms with E-state index in [1.54, 1.807) is 25.3 Å². The van der Waals surface area contributed by atoms with Gasteiger partial charge in [0.2, 0.25) is 0 Å². The Balaban J connectivity index is 2.92. The first-order chi connectivity index (χ1) is 9.17. The van der Waals surface area contributed by atoms with Crippen molar-refractivity contribution in [2.24, 2.45) is 0 Å². The van der Waals surface area contributed by atoms with Crippen molar-refractivity contribution in [3.05, 3.63) is 23.8 Å². The molecule has 0 radical (unpaired) electrons. The molecule has 0 aromatic heterocycles. The van der Waals surface area contributed by atoms with E-state index < -0.39 is 0 Å². The summed E-state index contributed by atoms with van der Waals surface area (Å²) in [5.74, 6) is 1.34. The maximum atomic E-state index is 12.2. The average Bonchev–Trinajstić information content (AvgIpc) is 2.45. The van der Waals surface area contributed by atoms with Crippen LogP contribution in [0.1, 0.15) is 30.1 Å². The second kappa shape index (κ2) is 7.89. The standard InChI is InChI=1S/C14H20ClNO3/c1-4-10(8-9-15)16-14(17)11-6-5-7-12(18-2)13(11)19-3/h5-7,10H,4,8-9H2,1-3H3,(H,16,17). The zero-order chi connectivity index (χ0) is 14.3. The summed E-state index contributed by atoms with van der Waals surface area (Å²) in [6, 6.07) is 5.30. The molecule has 1 atom stereocenters. The topological polar surface area (TPSA) is 47.6 Å². The molecule has 0 aliphatic carbocycles. The Morgan fingerprint density at radius 1 is 1.37 bits per heavy atom. The normalized spacial score (nSPS) is 11.8. The van der Waals surface area contributed by atoms with Crippen molar-refractivity contribution in [1.29, 1.82) is 0 Å². The number of carbonyl (C=O) groups excluding carboxylic acids is 1. The molecular formula is C14H20ClNO3. The maximum Gasteiger partial charge on any atom is 0.255 e. The molecule has 1 rings (SSSR count). The Hall–Kier alpha value is -1.42. The number of hydrogen-bond donors (Lipinski definition) is 1. The maximum absolute atomic E-state index is 12.2. The number of benzene rings is 1. The Kier molecular flexibility index (Phi) is 6.50. The van der Waals surface area contributed by atoms with Crippen molar-refractivity contribution in [2.45, 2.75) is 25.8 Å². The minimum Gasteiger partial charge on any atom is -0.493 e. The summed E-state index contributed by atoms with van der Waals surface area (Å²) in [4.78, 5) is 12.2. The van der Waals surface area contributed by atoms with Crippen LogP contribution in [0.2, 0.25) is 0 Å². The molecule has 1 amide bonds. The highest BCUT2D eigenvalue weighted by molar-refractivity contribution is 6.17. The number of carbonyl (C=O) groups is 1. The summed E-state index contributed by atoms with van der Waals surface area (Å²) in [5.41, 5.74) is 0.467. The van der Waals surface area contributed by atoms with Gasteiger partial charge in [-0.25, -0.2) is 0 Å². The van der Waals surface area contributed by atoms with Gasteiger partial charge < -0.3 is 14.8 Å². The van der Waals surface area contributed by atoms with Gasteiger partial charge in [-0.05, 0) is 25.0 Å². The highest BCUT2D eigenvalue weighted by Crippen LogP contribution is 2.30. The lowest BCUT2D eigenvalue weighted by Gasteiger charge is -2.17. The van der Waals surface area contributed by atoms with E-state index in [-0.39, 0.29) is 11.9 Å². The molecule has 19 heavy (non-hydrogen) atoms. The second-order valence-electron chi connectivity index (χ2n) is 4.10. The molecule has 0 saturated heterocycles. The summed E-state index contributed by atoms with van der Waals surface area (Å²) >= 11 is 5.71. The van der Waals surface area contributed by atoms with E-state index in [0.717, 1.165) is 12.8 Å². The van der Waals surface area contributed by atoms with Gasteiger partial charge in [-0.1, -0.05) is 13.0 Å². The van der Waals surface area contributed by atoms with Gasteiger partial charge in [0, 0.05) is 11.9 Å². The van der Waals surface area contributed by atoms with Gasteiger partial charge in [-0.2, -0.15) is 0 Å². The number of para-hydroxylation sites is 1. The molecule has 0 saturated carbocycles. The van der Waals surface area contributed by atoms with Crippen LogP contribution in [0.25, 0.3) is 0 Å². The van der Waals surface area contributed by atoms with Crippen LogP contribution in [0.5, 0.6) is 11.5 Å². The molecule has 4 nitrogen and oxygen atoms in total. The van der Waals surface area contributed by atoms with Crippen LogP contribution in [-0.4, -0.2) is 32.0 Å². The van der Waals surface area contributed by atoms with E-state index in [4.69, 9.17) is 21.1 Å². The number of ether oxygens (including phenoxy) is 2. The molecule has 1 N–H and O–H groups in total. The quantitative estimate of drug-likeness (QED) is 0.784. The smallest absolute Gasteiger partial charge is 0.255 e. The molecule has 0 fully saturated rings. The molecule has 0 aliphatic rings. The SMILES string of the molecule is CCC(CCCl)NC(=O)c1cccc(OC)c1OC. The number of alkyl halides is 1. The first kappa shape index (κ1) is 15.6. The van der Waals surface area contributed by atoms with Crippen LogP contribution in [-0.2, 0) is 0 Å². The molecule has 1 unspecified atom stereocenters. The Bertz CT molecular complexity index is 423. The van der Waals surface area contributed by atoms with E-state index in [2.05, 4.69) is 5.32 Å². The van der Waals surface area contributed by atoms with E-state index in [9.17, 15) is 4.79 Å². The van der Waals surface area contributed by atoms with Crippen molar-refractivity contribution >= 4 is 17.5 Å². The highest BCUT2D eigenvalue weighted by atomic mass is 35.5. The van der Waals surface area contributed by atoms with Gasteiger partial charge in [-0.15, -0.1) is 11.6 Å². The summed E-state index contributed by atoms with van der Waals surface area (Å²) < 4.78 is 10.4. The molecule has 0 spiro atoms. The number of nitrogens with one attached hydrogen (secondary N) is 1. The monoisotopic (exact) mass is 285 g/mol. The van der Waals surface area contributed by atoms with Gasteiger partial charge in [0.15, 0.2) is 11.5 Å². The Morgan fingerprint density at radius 2 is 2.11 bits per heavy atom. The zero-order valence-corrected chi connectivity index (χ0v) is 12.3. The number of halogens is 1. The van der Waals surface area contributed by atoms with Gasteiger partial charge >= 0.3 is 0 Å². The fourth-order valence-electron chi connectivity index (χ4n) is 1.84. The second-order valence-corrected chi connectivity index (χ2v) is 4.48. The lowest BCUT2D eigenvalue weighted by Crippen LogP contribution is -2.34. The third kappa shape index (κ3) is 4.03. The van der Waals surface area contributed by atoms with Crippen molar-refractivity contribution in [3.63, 3.8) is 0 Å². The Morgan fingerprint density at radius 3 is 2.63 bits per heavy atom. The lowest BCUT2D eigenvalue weighted by molar-refractivity contribution is 0.0931. The Labute approximate surface area is 119 Å². The summed E-state index contributed by atoms with van der Waals surface area (Å²) in [6.07, 6.45) is 1.58. The average molecular weight is 286 g/mol. The van der Waals surface area contributed by atoms with Crippen molar-refractivity contribution in [1.82, 2.24) is 5.32 Å². The van der Waals surface area contributed by atoms with Gasteiger partial charge in [0.25, 0.3) is 5.91 Å². The van der Waals surface area contributed by atoms with Crippen LogP contribution < -0.4 is 14.8 Å². The van der Waals surface area contributed by atoms with Crippen LogP contribution in [0.3, 0.4) is 0 Å². The fraction of sp³-hybridized carbons (Fsp3) is 0.500. The van der Waals surface area contributed by atoms with Crippen molar-refractivity contribution in [3.8, 4) is 11.5 Å². The minimum absolute atomic E-state index is 0.0703. The van der Waals surface area contributed by atoms with Gasteiger partial charge in [-0.3, -0.25) is 4.79 Å². The van der Waals surface area contributed by atoms with Crippen LogP contribution in [0, 0.1) is 0 Å². The number of hydrogen-bond acceptors (Lipinski definition) is 3. The summed E-state index contributed by atoms with van der Waals surface area (Å²) in [5, 5.41) is 2.95. The minimum atomic E-state index is -0.173. The summed E-state index contributed by atoms with van der Waals surface area (Å²) in [6.45, 7) is 2.01. The molecule has 5 heteroatoms. The lowest BCUT2D eigenvalue weighted by atomic mass is 10.1. The molecule has 106 valence electrons. The molecule has 1 aromatic carbocycles. The third-order valence-electron chi connectivity index (χ3n) is 2.93. The number of rotatable bonds is 7. The number of methoxy groups -OCH3 is 2. The van der Waals surface area contributed by atoms with Crippen LogP contribution >= 0.6 is 11.6 Å². The van der Waals surface area contributed by atoms with E-state index in [1.807, 2.05) is 6.92 Å². The number of amides is 1. The molecular weight excluding hydrogens is 266 g/mol. The highest BCUT2D eigenvalue weighted by Gasteiger charge is 2.18. The van der Waals surface area contributed by atoms with Crippen LogP contribution in [0.15, 0.2) is 18.2 Å². The first-order valence-corrected chi connectivity index (χ1v) is 6.79. The van der Waals surface area contributed by atoms with Crippen molar-refractivity contribution in [2.75, 3.05) is 20.1 Å². The van der Waals surface area contributed by atoms with E-state index in [1.165, 1.54) is 7.11 Å². The molecule has 1 aromatic rings. The zero-order valence-electron chi connectivity index (χ0n) is 11.5. The van der Waals surface area contributed by atoms with E-state index >= 15 is 0 Å². The third-order valence-corrected chi connectivity index (χ3v) is 3.15. The molecule has 0 aliphatic heterocycles. The van der Waals surface area contributed by atoms with Gasteiger partial charge in [0.05, 0.1) is 19.8 Å². The predicted octanol–water partition coefficient (Wildman–Crippen LogP) is 2.84. The largest absolute Gasteiger partial charge is 0.493 e. The predicted molar refractivity (Wildman–Crippen MR) is 76.4 cm³/mol. The van der Waals surface area contributed by atoms with E-state index in [0.29, 0.717) is 22.9 Å². The molecule has 0 heterocycles. The fourth-order valence-corrected chi connectivity index (χ4v) is 2.10. The molecule has 0 bridgehead atoms. The van der Waals surface area contributed by atoms with Gasteiger partial charge in [0.1, 0.15) is 0 Å². The van der Waals surface area contributed by atoms with Crippen molar-refractivity contribution < 1.29 is 14.3 Å². The summed E-state index contributed by atoms with van der Waals surface area (Å²) in [7, 11) is 3.06.